The normalized spacial score (nSPS) is 16.2. The molecule has 0 aromatic carbocycles. The van der Waals surface area contributed by atoms with E-state index in [-0.39, 0.29) is 23.8 Å². The van der Waals surface area contributed by atoms with Gasteiger partial charge in [0.15, 0.2) is 0 Å². The Labute approximate surface area is 105 Å². The van der Waals surface area contributed by atoms with E-state index in [0.717, 1.165) is 0 Å². The van der Waals surface area contributed by atoms with Crippen LogP contribution in [0, 0.1) is 0 Å². The maximum atomic E-state index is 11.9. The molecule has 1 amide bonds. The molecule has 17 heavy (non-hydrogen) atoms. The first-order valence-electron chi connectivity index (χ1n) is 5.38. The Morgan fingerprint density at radius 1 is 1.59 bits per heavy atom. The van der Waals surface area contributed by atoms with Gasteiger partial charge in [0.05, 0.1) is 6.61 Å². The second-order valence-corrected chi connectivity index (χ2v) is 4.88. The lowest BCUT2D eigenvalue weighted by atomic mass is 10.2. The first-order valence-corrected chi connectivity index (χ1v) is 6.67. The van der Waals surface area contributed by atoms with Gasteiger partial charge in [-0.25, -0.2) is 9.67 Å². The van der Waals surface area contributed by atoms with Gasteiger partial charge in [-0.15, -0.1) is 0 Å². The molecule has 1 aromatic heterocycles. The molecule has 0 bridgehead atoms. The van der Waals surface area contributed by atoms with E-state index in [4.69, 9.17) is 5.11 Å². The summed E-state index contributed by atoms with van der Waals surface area (Å²) in [5, 5.41) is 15.9. The van der Waals surface area contributed by atoms with E-state index in [1.165, 1.54) is 29.1 Å². The third-order valence-corrected chi connectivity index (χ3v) is 3.79. The zero-order valence-corrected chi connectivity index (χ0v) is 11.0. The van der Waals surface area contributed by atoms with Crippen LogP contribution in [-0.2, 0) is 4.79 Å². The van der Waals surface area contributed by atoms with E-state index < -0.39 is 6.04 Å². The van der Waals surface area contributed by atoms with Crippen molar-refractivity contribution in [3.63, 3.8) is 0 Å². The zero-order valence-electron chi connectivity index (χ0n) is 10.2. The predicted octanol–water partition coefficient (Wildman–Crippen LogP) is 0.0677. The summed E-state index contributed by atoms with van der Waals surface area (Å²) in [6, 6.07) is -0.491. The summed E-state index contributed by atoms with van der Waals surface area (Å²) in [4.78, 5) is 15.7. The number of thioether (sulfide) groups is 1. The highest BCUT2D eigenvalue weighted by atomic mass is 32.2. The lowest BCUT2D eigenvalue weighted by Crippen LogP contribution is -2.43. The van der Waals surface area contributed by atoms with Crippen molar-refractivity contribution in [2.75, 3.05) is 12.9 Å². The molecule has 1 rings (SSSR count). The van der Waals surface area contributed by atoms with Crippen LogP contribution in [0.2, 0.25) is 0 Å². The molecular weight excluding hydrogens is 240 g/mol. The van der Waals surface area contributed by atoms with Crippen LogP contribution in [0.3, 0.4) is 0 Å². The van der Waals surface area contributed by atoms with Gasteiger partial charge >= 0.3 is 0 Å². The molecule has 7 heteroatoms. The minimum atomic E-state index is -0.402. The van der Waals surface area contributed by atoms with Crippen molar-refractivity contribution in [2.45, 2.75) is 31.2 Å². The molecule has 0 aliphatic carbocycles. The summed E-state index contributed by atoms with van der Waals surface area (Å²) in [7, 11) is 0. The molecule has 3 unspecified atom stereocenters. The molecule has 0 spiro atoms. The number of rotatable bonds is 6. The largest absolute Gasteiger partial charge is 0.395 e. The van der Waals surface area contributed by atoms with Gasteiger partial charge < -0.3 is 10.4 Å². The van der Waals surface area contributed by atoms with Crippen molar-refractivity contribution >= 4 is 17.7 Å². The third kappa shape index (κ3) is 3.71. The van der Waals surface area contributed by atoms with Gasteiger partial charge in [-0.3, -0.25) is 4.79 Å². The molecule has 1 heterocycles. The van der Waals surface area contributed by atoms with Gasteiger partial charge in [-0.2, -0.15) is 16.9 Å². The molecule has 1 aromatic rings. The van der Waals surface area contributed by atoms with Crippen LogP contribution in [0.1, 0.15) is 19.9 Å². The Hall–Kier alpha value is -1.08. The average molecular weight is 258 g/mol. The fraction of sp³-hybridized carbons (Fsp3) is 0.700. The summed E-state index contributed by atoms with van der Waals surface area (Å²) < 4.78 is 1.50. The van der Waals surface area contributed by atoms with E-state index in [9.17, 15) is 4.79 Å². The SMILES string of the molecule is CSC(CO)C(C)NC(=O)C(C)n1cncn1. The van der Waals surface area contributed by atoms with Crippen LogP contribution in [0.4, 0.5) is 0 Å². The van der Waals surface area contributed by atoms with Gasteiger partial charge in [-0.05, 0) is 20.1 Å². The first kappa shape index (κ1) is 14.0. The second kappa shape index (κ2) is 6.61. The molecule has 3 atom stereocenters. The molecule has 0 aliphatic heterocycles. The summed E-state index contributed by atoms with van der Waals surface area (Å²) in [5.74, 6) is -0.129. The minimum Gasteiger partial charge on any atom is -0.395 e. The van der Waals surface area contributed by atoms with Crippen LogP contribution in [-0.4, -0.2) is 49.9 Å². The van der Waals surface area contributed by atoms with Crippen molar-refractivity contribution in [1.29, 1.82) is 0 Å². The average Bonchev–Trinajstić information content (AvgIpc) is 2.83. The zero-order chi connectivity index (χ0) is 12.8. The molecule has 0 saturated carbocycles. The number of nitrogens with one attached hydrogen (secondary N) is 1. The standard InChI is InChI=1S/C10H18N4O2S/c1-7(9(4-15)17-3)13-10(16)8(2)14-6-11-5-12-14/h5-9,15H,4H2,1-3H3,(H,13,16). The molecule has 2 N–H and O–H groups in total. The Morgan fingerprint density at radius 2 is 2.29 bits per heavy atom. The lowest BCUT2D eigenvalue weighted by molar-refractivity contribution is -0.124. The summed E-state index contributed by atoms with van der Waals surface area (Å²) in [6.45, 7) is 3.67. The van der Waals surface area contributed by atoms with Crippen LogP contribution >= 0.6 is 11.8 Å². The molecule has 0 saturated heterocycles. The van der Waals surface area contributed by atoms with Crippen molar-refractivity contribution < 1.29 is 9.90 Å². The van der Waals surface area contributed by atoms with Crippen molar-refractivity contribution in [3.05, 3.63) is 12.7 Å². The molecular formula is C10H18N4O2S. The van der Waals surface area contributed by atoms with Gasteiger partial charge in [-0.1, -0.05) is 0 Å². The molecule has 96 valence electrons. The number of amides is 1. The fourth-order valence-corrected chi connectivity index (χ4v) is 2.04. The number of carbonyl (C=O) groups is 1. The smallest absolute Gasteiger partial charge is 0.244 e. The summed E-state index contributed by atoms with van der Waals surface area (Å²) >= 11 is 1.53. The summed E-state index contributed by atoms with van der Waals surface area (Å²) in [5.41, 5.74) is 0. The van der Waals surface area contributed by atoms with E-state index in [1.807, 2.05) is 13.2 Å². The quantitative estimate of drug-likeness (QED) is 0.754. The maximum absolute atomic E-state index is 11.9. The van der Waals surface area contributed by atoms with Gasteiger partial charge in [0.2, 0.25) is 5.91 Å². The number of aromatic nitrogens is 3. The van der Waals surface area contributed by atoms with Crippen molar-refractivity contribution in [1.82, 2.24) is 20.1 Å². The number of hydrogen-bond donors (Lipinski definition) is 2. The highest BCUT2D eigenvalue weighted by Crippen LogP contribution is 2.11. The minimum absolute atomic E-state index is 0.00176. The summed E-state index contributed by atoms with van der Waals surface area (Å²) in [6.07, 6.45) is 4.81. The Morgan fingerprint density at radius 3 is 2.76 bits per heavy atom. The van der Waals surface area contributed by atoms with Crippen molar-refractivity contribution in [2.24, 2.45) is 0 Å². The molecule has 0 radical (unpaired) electrons. The highest BCUT2D eigenvalue weighted by molar-refractivity contribution is 7.99. The number of nitrogens with zero attached hydrogens (tertiary/aromatic N) is 3. The van der Waals surface area contributed by atoms with E-state index >= 15 is 0 Å². The van der Waals surface area contributed by atoms with E-state index in [0.29, 0.717) is 0 Å². The van der Waals surface area contributed by atoms with Crippen LogP contribution in [0.15, 0.2) is 12.7 Å². The van der Waals surface area contributed by atoms with E-state index in [1.54, 1.807) is 6.92 Å². The Balaban J connectivity index is 2.54. The Bertz CT molecular complexity index is 340. The number of hydrogen-bond acceptors (Lipinski definition) is 5. The van der Waals surface area contributed by atoms with Crippen molar-refractivity contribution in [3.8, 4) is 0 Å². The predicted molar refractivity (Wildman–Crippen MR) is 66.7 cm³/mol. The van der Waals surface area contributed by atoms with Crippen LogP contribution < -0.4 is 5.32 Å². The second-order valence-electron chi connectivity index (χ2n) is 3.81. The lowest BCUT2D eigenvalue weighted by Gasteiger charge is -2.23. The van der Waals surface area contributed by atoms with Crippen LogP contribution in [0.25, 0.3) is 0 Å². The van der Waals surface area contributed by atoms with Gasteiger partial charge in [0, 0.05) is 11.3 Å². The highest BCUT2D eigenvalue weighted by Gasteiger charge is 2.21. The topological polar surface area (TPSA) is 80.0 Å². The first-order chi connectivity index (χ1) is 8.10. The number of aliphatic hydroxyl groups is 1. The van der Waals surface area contributed by atoms with Crippen LogP contribution in [0.5, 0.6) is 0 Å². The van der Waals surface area contributed by atoms with Gasteiger partial charge in [0.25, 0.3) is 0 Å². The molecule has 0 fully saturated rings. The maximum Gasteiger partial charge on any atom is 0.244 e. The van der Waals surface area contributed by atoms with Gasteiger partial charge in [0.1, 0.15) is 18.7 Å². The fourth-order valence-electron chi connectivity index (χ4n) is 1.41. The van der Waals surface area contributed by atoms with E-state index in [2.05, 4.69) is 15.4 Å². The number of aliphatic hydroxyl groups excluding tert-OH is 1. The molecule has 6 nitrogen and oxygen atoms in total. The molecule has 0 aliphatic rings. The Kier molecular flexibility index (Phi) is 5.43. The monoisotopic (exact) mass is 258 g/mol. The third-order valence-electron chi connectivity index (χ3n) is 2.62. The number of carbonyl (C=O) groups excluding carboxylic acids is 1.